The Hall–Kier alpha value is -0.120. The molecule has 0 aliphatic heterocycles. The Bertz CT molecular complexity index is 221. The lowest BCUT2D eigenvalue weighted by Gasteiger charge is -2.41. The van der Waals surface area contributed by atoms with Crippen LogP contribution in [0.5, 0.6) is 0 Å². The number of ether oxygens (including phenoxy) is 1. The zero-order valence-electron chi connectivity index (χ0n) is 12.6. The molecule has 0 spiro atoms. The van der Waals surface area contributed by atoms with Crippen molar-refractivity contribution in [1.82, 2.24) is 4.90 Å². The summed E-state index contributed by atoms with van der Waals surface area (Å²) in [6, 6.07) is 0.334. The van der Waals surface area contributed by atoms with Gasteiger partial charge in [-0.2, -0.15) is 0 Å². The van der Waals surface area contributed by atoms with Crippen LogP contribution in [0.4, 0.5) is 0 Å². The first-order chi connectivity index (χ1) is 8.58. The van der Waals surface area contributed by atoms with Crippen LogP contribution in [0, 0.1) is 11.8 Å². The molecule has 0 aromatic carbocycles. The highest BCUT2D eigenvalue weighted by atomic mass is 16.5. The molecule has 0 saturated heterocycles. The molecule has 0 amide bonds. The molecule has 0 heterocycles. The Morgan fingerprint density at radius 1 is 1.33 bits per heavy atom. The van der Waals surface area contributed by atoms with Gasteiger partial charge in [-0.3, -0.25) is 4.90 Å². The number of aliphatic hydroxyl groups is 1. The smallest absolute Gasteiger partial charge is 0.0695 e. The molecule has 1 fully saturated rings. The highest BCUT2D eigenvalue weighted by Gasteiger charge is 2.32. The van der Waals surface area contributed by atoms with Gasteiger partial charge >= 0.3 is 0 Å². The number of rotatable bonds is 7. The Balaban J connectivity index is 2.61. The lowest BCUT2D eigenvalue weighted by atomic mass is 9.81. The monoisotopic (exact) mass is 257 g/mol. The van der Waals surface area contributed by atoms with Gasteiger partial charge in [0.1, 0.15) is 0 Å². The predicted molar refractivity (Wildman–Crippen MR) is 75.7 cm³/mol. The molecule has 3 nitrogen and oxygen atoms in total. The standard InChI is InChI=1S/C15H31NO2/c1-5-13-6-7-15(17)14(10-13)16(8-9-18-4)11-12(2)3/h12-15,17H,5-11H2,1-4H3. The van der Waals surface area contributed by atoms with Crippen molar-refractivity contribution in [3.8, 4) is 0 Å². The first-order valence-corrected chi connectivity index (χ1v) is 7.49. The van der Waals surface area contributed by atoms with Crippen LogP contribution in [0.3, 0.4) is 0 Å². The molecule has 3 unspecified atom stereocenters. The molecule has 0 radical (unpaired) electrons. The van der Waals surface area contributed by atoms with E-state index in [-0.39, 0.29) is 6.10 Å². The minimum atomic E-state index is -0.150. The van der Waals surface area contributed by atoms with Gasteiger partial charge in [0.05, 0.1) is 12.7 Å². The number of hydrogen-bond acceptors (Lipinski definition) is 3. The summed E-state index contributed by atoms with van der Waals surface area (Å²) < 4.78 is 5.21. The quantitative estimate of drug-likeness (QED) is 0.761. The third-order valence-corrected chi connectivity index (χ3v) is 4.12. The molecule has 1 N–H and O–H groups in total. The summed E-state index contributed by atoms with van der Waals surface area (Å²) in [5.41, 5.74) is 0. The maximum absolute atomic E-state index is 10.3. The number of nitrogens with zero attached hydrogens (tertiary/aromatic N) is 1. The van der Waals surface area contributed by atoms with Crippen molar-refractivity contribution >= 4 is 0 Å². The van der Waals surface area contributed by atoms with Crippen LogP contribution in [-0.4, -0.2) is 49.0 Å². The first-order valence-electron chi connectivity index (χ1n) is 7.49. The van der Waals surface area contributed by atoms with Crippen LogP contribution < -0.4 is 0 Å². The maximum Gasteiger partial charge on any atom is 0.0695 e. The van der Waals surface area contributed by atoms with Crippen molar-refractivity contribution in [3.63, 3.8) is 0 Å². The van der Waals surface area contributed by atoms with E-state index in [4.69, 9.17) is 4.74 Å². The largest absolute Gasteiger partial charge is 0.391 e. The van der Waals surface area contributed by atoms with E-state index in [9.17, 15) is 5.11 Å². The molecule has 1 aliphatic rings. The number of hydrogen-bond donors (Lipinski definition) is 1. The Labute approximate surface area is 113 Å². The van der Waals surface area contributed by atoms with Crippen LogP contribution >= 0.6 is 0 Å². The maximum atomic E-state index is 10.3. The van der Waals surface area contributed by atoms with Gasteiger partial charge in [-0.1, -0.05) is 27.2 Å². The van der Waals surface area contributed by atoms with E-state index in [1.807, 2.05) is 0 Å². The molecule has 1 rings (SSSR count). The summed E-state index contributed by atoms with van der Waals surface area (Å²) >= 11 is 0. The molecule has 0 aromatic rings. The van der Waals surface area contributed by atoms with E-state index in [0.29, 0.717) is 12.0 Å². The second-order valence-corrected chi connectivity index (χ2v) is 6.10. The second-order valence-electron chi connectivity index (χ2n) is 6.10. The molecule has 18 heavy (non-hydrogen) atoms. The van der Waals surface area contributed by atoms with Gasteiger partial charge in [0.25, 0.3) is 0 Å². The molecular weight excluding hydrogens is 226 g/mol. The van der Waals surface area contributed by atoms with E-state index in [2.05, 4.69) is 25.7 Å². The molecule has 108 valence electrons. The van der Waals surface area contributed by atoms with Crippen LogP contribution in [0.25, 0.3) is 0 Å². The number of methoxy groups -OCH3 is 1. The molecule has 0 aromatic heterocycles. The third kappa shape index (κ3) is 4.87. The fraction of sp³-hybridized carbons (Fsp3) is 1.00. The Morgan fingerprint density at radius 3 is 2.61 bits per heavy atom. The Kier molecular flexibility index (Phi) is 7.20. The van der Waals surface area contributed by atoms with Crippen LogP contribution in [0.2, 0.25) is 0 Å². The minimum absolute atomic E-state index is 0.150. The van der Waals surface area contributed by atoms with Crippen molar-refractivity contribution in [1.29, 1.82) is 0 Å². The number of aliphatic hydroxyl groups excluding tert-OH is 1. The van der Waals surface area contributed by atoms with Gasteiger partial charge in [0, 0.05) is 26.2 Å². The van der Waals surface area contributed by atoms with Crippen LogP contribution in [-0.2, 0) is 4.74 Å². The topological polar surface area (TPSA) is 32.7 Å². The molecule has 3 atom stereocenters. The SMILES string of the molecule is CCC1CCC(O)C(N(CCOC)CC(C)C)C1. The summed E-state index contributed by atoms with van der Waals surface area (Å²) in [4.78, 5) is 2.45. The van der Waals surface area contributed by atoms with Crippen molar-refractivity contribution in [3.05, 3.63) is 0 Å². The fourth-order valence-electron chi connectivity index (χ4n) is 3.05. The average molecular weight is 257 g/mol. The third-order valence-electron chi connectivity index (χ3n) is 4.12. The van der Waals surface area contributed by atoms with Gasteiger partial charge < -0.3 is 9.84 Å². The van der Waals surface area contributed by atoms with E-state index in [1.165, 1.54) is 12.8 Å². The van der Waals surface area contributed by atoms with Crippen molar-refractivity contribution in [2.75, 3.05) is 26.8 Å². The summed E-state index contributed by atoms with van der Waals surface area (Å²) in [6.07, 6.45) is 4.39. The minimum Gasteiger partial charge on any atom is -0.391 e. The lowest BCUT2D eigenvalue weighted by Crippen LogP contribution is -2.49. The summed E-state index contributed by atoms with van der Waals surface area (Å²) in [7, 11) is 1.75. The van der Waals surface area contributed by atoms with Crippen LogP contribution in [0.15, 0.2) is 0 Å². The van der Waals surface area contributed by atoms with E-state index in [1.54, 1.807) is 7.11 Å². The van der Waals surface area contributed by atoms with E-state index < -0.39 is 0 Å². The van der Waals surface area contributed by atoms with E-state index >= 15 is 0 Å². The second kappa shape index (κ2) is 8.13. The van der Waals surface area contributed by atoms with Gasteiger partial charge in [-0.15, -0.1) is 0 Å². The molecule has 0 bridgehead atoms. The molecular formula is C15H31NO2. The zero-order valence-corrected chi connectivity index (χ0v) is 12.6. The van der Waals surface area contributed by atoms with Gasteiger partial charge in [-0.05, 0) is 31.1 Å². The summed E-state index contributed by atoms with van der Waals surface area (Å²) in [5, 5.41) is 10.3. The normalized spacial score (nSPS) is 29.2. The predicted octanol–water partition coefficient (Wildman–Crippen LogP) is 2.53. The zero-order chi connectivity index (χ0) is 13.5. The van der Waals surface area contributed by atoms with Crippen LogP contribution in [0.1, 0.15) is 46.5 Å². The fourth-order valence-corrected chi connectivity index (χ4v) is 3.05. The molecule has 1 aliphatic carbocycles. The highest BCUT2D eigenvalue weighted by molar-refractivity contribution is 4.87. The van der Waals surface area contributed by atoms with Crippen molar-refractivity contribution < 1.29 is 9.84 Å². The van der Waals surface area contributed by atoms with Crippen molar-refractivity contribution in [2.24, 2.45) is 11.8 Å². The lowest BCUT2D eigenvalue weighted by molar-refractivity contribution is -0.0111. The van der Waals surface area contributed by atoms with Crippen molar-refractivity contribution in [2.45, 2.75) is 58.6 Å². The molecule has 1 saturated carbocycles. The summed E-state index contributed by atoms with van der Waals surface area (Å²) in [6.45, 7) is 9.50. The highest BCUT2D eigenvalue weighted by Crippen LogP contribution is 2.30. The van der Waals surface area contributed by atoms with Gasteiger partial charge in [-0.25, -0.2) is 0 Å². The first kappa shape index (κ1) is 15.9. The average Bonchev–Trinajstić information content (AvgIpc) is 2.35. The van der Waals surface area contributed by atoms with Gasteiger partial charge in [0.2, 0.25) is 0 Å². The molecule has 3 heteroatoms. The Morgan fingerprint density at radius 2 is 2.06 bits per heavy atom. The summed E-state index contributed by atoms with van der Waals surface area (Å²) in [5.74, 6) is 1.42. The van der Waals surface area contributed by atoms with E-state index in [0.717, 1.165) is 38.5 Å². The van der Waals surface area contributed by atoms with Gasteiger partial charge in [0.15, 0.2) is 0 Å².